The Bertz CT molecular complexity index is 1200. The summed E-state index contributed by atoms with van der Waals surface area (Å²) in [6.45, 7) is 1.81. The molecule has 1 aliphatic carbocycles. The Morgan fingerprint density at radius 1 is 1.06 bits per heavy atom. The largest absolute Gasteiger partial charge is 0.497 e. The van der Waals surface area contributed by atoms with E-state index in [0.29, 0.717) is 17.2 Å². The molecule has 4 nitrogen and oxygen atoms in total. The van der Waals surface area contributed by atoms with Gasteiger partial charge in [-0.05, 0) is 84.0 Å². The zero-order valence-corrected chi connectivity index (χ0v) is 19.5. The molecule has 0 radical (unpaired) electrons. The number of aryl methyl sites for hydroxylation is 1. The maximum atomic E-state index is 14.4. The van der Waals surface area contributed by atoms with Gasteiger partial charge in [-0.1, -0.05) is 43.3 Å². The predicted molar refractivity (Wildman–Crippen MR) is 129 cm³/mol. The lowest BCUT2D eigenvalue weighted by Gasteiger charge is -2.29. The van der Waals surface area contributed by atoms with Gasteiger partial charge >= 0.3 is 5.97 Å². The molecular weight excluding hydrogens is 431 g/mol. The molecule has 0 amide bonds. The van der Waals surface area contributed by atoms with E-state index in [-0.39, 0.29) is 17.8 Å². The maximum Gasteiger partial charge on any atom is 0.306 e. The molecule has 34 heavy (non-hydrogen) atoms. The Labute approximate surface area is 199 Å². The summed E-state index contributed by atoms with van der Waals surface area (Å²) in [5, 5.41) is 9.61. The van der Waals surface area contributed by atoms with Crippen LogP contribution < -0.4 is 9.47 Å². The zero-order chi connectivity index (χ0) is 23.8. The van der Waals surface area contributed by atoms with Crippen LogP contribution in [0, 0.1) is 17.7 Å². The molecule has 0 aromatic heterocycles. The summed E-state index contributed by atoms with van der Waals surface area (Å²) in [5.74, 6) is 0.460. The minimum absolute atomic E-state index is 0.0174. The van der Waals surface area contributed by atoms with Gasteiger partial charge < -0.3 is 14.6 Å². The maximum absolute atomic E-state index is 14.4. The van der Waals surface area contributed by atoms with Gasteiger partial charge in [0.25, 0.3) is 0 Å². The summed E-state index contributed by atoms with van der Waals surface area (Å²) < 4.78 is 26.0. The summed E-state index contributed by atoms with van der Waals surface area (Å²) in [6, 6.07) is 18.8. The van der Waals surface area contributed by atoms with Crippen LogP contribution in [0.1, 0.15) is 54.9 Å². The Balaban J connectivity index is 1.37. The number of hydrogen-bond acceptors (Lipinski definition) is 3. The summed E-state index contributed by atoms with van der Waals surface area (Å²) >= 11 is 0. The third-order valence-electron chi connectivity index (χ3n) is 7.25. The van der Waals surface area contributed by atoms with Gasteiger partial charge in [0.2, 0.25) is 0 Å². The first-order valence-corrected chi connectivity index (χ1v) is 11.9. The fourth-order valence-electron chi connectivity index (χ4n) is 5.14. The SMILES string of the molecule is COc1ccc(F)c(-c2ccc(C3CCc4ccc(C(C5CC5)[C@@H](C)C(=O)O)cc4O3)cc2)c1. The van der Waals surface area contributed by atoms with E-state index in [1.54, 1.807) is 26.2 Å². The van der Waals surface area contributed by atoms with Crippen LogP contribution in [-0.2, 0) is 11.2 Å². The van der Waals surface area contributed by atoms with Gasteiger partial charge in [0.1, 0.15) is 23.4 Å². The smallest absolute Gasteiger partial charge is 0.306 e. The van der Waals surface area contributed by atoms with Crippen molar-refractivity contribution in [3.8, 4) is 22.6 Å². The summed E-state index contributed by atoms with van der Waals surface area (Å²) in [4.78, 5) is 11.7. The fraction of sp³-hybridized carbons (Fsp3) is 0.345. The number of methoxy groups -OCH3 is 1. The minimum Gasteiger partial charge on any atom is -0.497 e. The van der Waals surface area contributed by atoms with Crippen molar-refractivity contribution in [2.45, 2.75) is 44.6 Å². The average molecular weight is 461 g/mol. The topological polar surface area (TPSA) is 55.8 Å². The van der Waals surface area contributed by atoms with E-state index in [4.69, 9.17) is 9.47 Å². The summed E-state index contributed by atoms with van der Waals surface area (Å²) in [5.41, 5.74) is 4.55. The number of carboxylic acids is 1. The van der Waals surface area contributed by atoms with Crippen LogP contribution in [0.15, 0.2) is 60.7 Å². The molecule has 1 aliphatic heterocycles. The molecule has 5 rings (SSSR count). The molecule has 3 atom stereocenters. The highest BCUT2D eigenvalue weighted by Crippen LogP contribution is 2.48. The van der Waals surface area contributed by atoms with Gasteiger partial charge in [-0.3, -0.25) is 4.79 Å². The van der Waals surface area contributed by atoms with Crippen molar-refractivity contribution >= 4 is 5.97 Å². The van der Waals surface area contributed by atoms with E-state index in [9.17, 15) is 14.3 Å². The highest BCUT2D eigenvalue weighted by molar-refractivity contribution is 5.71. The normalized spacial score (nSPS) is 19.0. The number of rotatable bonds is 7. The second-order valence-corrected chi connectivity index (χ2v) is 9.47. The summed E-state index contributed by atoms with van der Waals surface area (Å²) in [6.07, 6.45) is 3.83. The molecule has 3 aromatic carbocycles. The number of hydrogen-bond donors (Lipinski definition) is 1. The fourth-order valence-corrected chi connectivity index (χ4v) is 5.14. The molecule has 0 bridgehead atoms. The standard InChI is InChI=1S/C29H29FO4/c1-17(29(31)32)28(21-8-9-21)22-10-7-20-11-14-26(34-27(20)15-22)19-5-3-18(4-6-19)24-16-23(33-2)12-13-25(24)30/h3-7,10,12-13,15-17,21,26,28H,8-9,11,14H2,1-2H3,(H,31,32)/t17-,26?,28?/m1/s1. The number of aliphatic carboxylic acids is 1. The van der Waals surface area contributed by atoms with E-state index in [1.165, 1.54) is 6.07 Å². The first kappa shape index (κ1) is 22.5. The van der Waals surface area contributed by atoms with E-state index < -0.39 is 11.9 Å². The molecule has 1 heterocycles. The predicted octanol–water partition coefficient (Wildman–Crippen LogP) is 6.78. The van der Waals surface area contributed by atoms with Crippen molar-refractivity contribution in [1.82, 2.24) is 0 Å². The zero-order valence-electron chi connectivity index (χ0n) is 19.5. The van der Waals surface area contributed by atoms with Crippen LogP contribution in [0.4, 0.5) is 4.39 Å². The number of carbonyl (C=O) groups is 1. The molecule has 176 valence electrons. The monoisotopic (exact) mass is 460 g/mol. The third-order valence-corrected chi connectivity index (χ3v) is 7.25. The van der Waals surface area contributed by atoms with Crippen LogP contribution in [0.5, 0.6) is 11.5 Å². The Kier molecular flexibility index (Phi) is 6.03. The third kappa shape index (κ3) is 4.39. The van der Waals surface area contributed by atoms with Gasteiger partial charge in [0.05, 0.1) is 13.0 Å². The Morgan fingerprint density at radius 3 is 2.50 bits per heavy atom. The second-order valence-electron chi connectivity index (χ2n) is 9.47. The summed E-state index contributed by atoms with van der Waals surface area (Å²) in [7, 11) is 1.57. The van der Waals surface area contributed by atoms with Crippen molar-refractivity contribution in [1.29, 1.82) is 0 Å². The highest BCUT2D eigenvalue weighted by Gasteiger charge is 2.39. The molecule has 0 saturated heterocycles. The van der Waals surface area contributed by atoms with E-state index in [1.807, 2.05) is 24.3 Å². The van der Waals surface area contributed by atoms with Crippen molar-refractivity contribution in [3.63, 3.8) is 0 Å². The number of benzene rings is 3. The van der Waals surface area contributed by atoms with E-state index in [2.05, 4.69) is 18.2 Å². The Morgan fingerprint density at radius 2 is 1.82 bits per heavy atom. The number of halogens is 1. The van der Waals surface area contributed by atoms with Crippen LogP contribution in [0.25, 0.3) is 11.1 Å². The number of fused-ring (bicyclic) bond motifs is 1. The van der Waals surface area contributed by atoms with Crippen LogP contribution >= 0.6 is 0 Å². The molecule has 2 unspecified atom stereocenters. The lowest BCUT2D eigenvalue weighted by molar-refractivity contribution is -0.142. The highest BCUT2D eigenvalue weighted by atomic mass is 19.1. The quantitative estimate of drug-likeness (QED) is 0.422. The molecule has 3 aromatic rings. The molecule has 0 spiro atoms. The van der Waals surface area contributed by atoms with Crippen LogP contribution in [0.3, 0.4) is 0 Å². The first-order valence-electron chi connectivity index (χ1n) is 11.9. The van der Waals surface area contributed by atoms with Crippen molar-refractivity contribution in [2.75, 3.05) is 7.11 Å². The lowest BCUT2D eigenvalue weighted by Crippen LogP contribution is -2.21. The van der Waals surface area contributed by atoms with Gasteiger partial charge in [-0.25, -0.2) is 4.39 Å². The second kappa shape index (κ2) is 9.13. The van der Waals surface area contributed by atoms with Crippen molar-refractivity contribution < 1.29 is 23.8 Å². The van der Waals surface area contributed by atoms with E-state index >= 15 is 0 Å². The minimum atomic E-state index is -0.749. The molecule has 2 aliphatic rings. The first-order chi connectivity index (χ1) is 16.4. The van der Waals surface area contributed by atoms with Crippen LogP contribution in [-0.4, -0.2) is 18.2 Å². The number of carboxylic acid groups (broad SMARTS) is 1. The molecule has 1 N–H and O–H groups in total. The average Bonchev–Trinajstić information content (AvgIpc) is 3.69. The van der Waals surface area contributed by atoms with Gasteiger partial charge in [0, 0.05) is 5.56 Å². The van der Waals surface area contributed by atoms with Gasteiger partial charge in [-0.2, -0.15) is 0 Å². The molecular formula is C29H29FO4. The molecule has 1 fully saturated rings. The van der Waals surface area contributed by atoms with Gasteiger partial charge in [0.15, 0.2) is 0 Å². The van der Waals surface area contributed by atoms with Crippen LogP contribution in [0.2, 0.25) is 0 Å². The van der Waals surface area contributed by atoms with Crippen molar-refractivity contribution in [2.24, 2.45) is 11.8 Å². The molecule has 5 heteroatoms. The lowest BCUT2D eigenvalue weighted by atomic mass is 9.82. The number of ether oxygens (including phenoxy) is 2. The van der Waals surface area contributed by atoms with Gasteiger partial charge in [-0.15, -0.1) is 0 Å². The van der Waals surface area contributed by atoms with Crippen molar-refractivity contribution in [3.05, 3.63) is 83.2 Å². The van der Waals surface area contributed by atoms with E-state index in [0.717, 1.165) is 53.7 Å². The molecule has 1 saturated carbocycles. The Hall–Kier alpha value is -3.34.